The van der Waals surface area contributed by atoms with Gasteiger partial charge < -0.3 is 10.1 Å². The van der Waals surface area contributed by atoms with Crippen molar-refractivity contribution in [3.8, 4) is 5.75 Å². The van der Waals surface area contributed by atoms with Gasteiger partial charge in [0.2, 0.25) is 5.91 Å². The lowest BCUT2D eigenvalue weighted by Gasteiger charge is -2.08. The van der Waals surface area contributed by atoms with Crippen LogP contribution in [0.1, 0.15) is 18.4 Å². The second-order valence-corrected chi connectivity index (χ2v) is 3.90. The number of alkyl halides is 1. The normalized spacial score (nSPS) is 9.94. The quantitative estimate of drug-likeness (QED) is 0.805. The lowest BCUT2D eigenvalue weighted by Crippen LogP contribution is -2.11. The van der Waals surface area contributed by atoms with E-state index in [9.17, 15) is 4.79 Å². The van der Waals surface area contributed by atoms with Crippen LogP contribution in [0.4, 0.5) is 5.69 Å². The van der Waals surface area contributed by atoms with E-state index in [4.69, 9.17) is 16.3 Å². The Balaban J connectivity index is 2.61. The summed E-state index contributed by atoms with van der Waals surface area (Å²) in [7, 11) is 1.63. The molecular weight excluding hydrogens is 226 g/mol. The van der Waals surface area contributed by atoms with Crippen molar-refractivity contribution in [3.05, 3.63) is 23.8 Å². The highest BCUT2D eigenvalue weighted by Crippen LogP contribution is 2.21. The lowest BCUT2D eigenvalue weighted by molar-refractivity contribution is -0.116. The van der Waals surface area contributed by atoms with Gasteiger partial charge in [-0.3, -0.25) is 4.79 Å². The minimum Gasteiger partial charge on any atom is -0.496 e. The number of halogens is 1. The van der Waals surface area contributed by atoms with Gasteiger partial charge in [-0.15, -0.1) is 11.6 Å². The monoisotopic (exact) mass is 241 g/mol. The minimum atomic E-state index is -0.00906. The summed E-state index contributed by atoms with van der Waals surface area (Å²) in [6.07, 6.45) is 1.15. The average Bonchev–Trinajstić information content (AvgIpc) is 2.26. The first-order valence-electron chi connectivity index (χ1n) is 5.18. The zero-order valence-corrected chi connectivity index (χ0v) is 10.3. The highest BCUT2D eigenvalue weighted by molar-refractivity contribution is 6.18. The molecule has 4 heteroatoms. The second-order valence-electron chi connectivity index (χ2n) is 3.53. The molecule has 0 aliphatic heterocycles. The zero-order valence-electron chi connectivity index (χ0n) is 9.55. The van der Waals surface area contributed by atoms with E-state index in [0.717, 1.165) is 17.0 Å². The third kappa shape index (κ3) is 3.74. The molecule has 0 aromatic heterocycles. The van der Waals surface area contributed by atoms with E-state index < -0.39 is 0 Å². The summed E-state index contributed by atoms with van der Waals surface area (Å²) in [5.74, 6) is 1.32. The molecule has 0 bridgehead atoms. The molecule has 0 saturated heterocycles. The minimum absolute atomic E-state index is 0.00906. The first kappa shape index (κ1) is 12.8. The number of anilines is 1. The van der Waals surface area contributed by atoms with E-state index in [2.05, 4.69) is 5.32 Å². The number of rotatable bonds is 5. The maximum absolute atomic E-state index is 11.4. The molecule has 0 aliphatic carbocycles. The van der Waals surface area contributed by atoms with Crippen LogP contribution < -0.4 is 10.1 Å². The van der Waals surface area contributed by atoms with Gasteiger partial charge in [0.1, 0.15) is 5.75 Å². The van der Waals surface area contributed by atoms with Crippen LogP contribution in [0.25, 0.3) is 0 Å². The predicted octanol–water partition coefficient (Wildman–Crippen LogP) is 2.96. The predicted molar refractivity (Wildman–Crippen MR) is 66.3 cm³/mol. The molecule has 1 amide bonds. The van der Waals surface area contributed by atoms with Crippen LogP contribution in [0, 0.1) is 6.92 Å². The van der Waals surface area contributed by atoms with Gasteiger partial charge in [0, 0.05) is 18.0 Å². The zero-order chi connectivity index (χ0) is 12.0. The van der Waals surface area contributed by atoms with Crippen molar-refractivity contribution in [3.63, 3.8) is 0 Å². The smallest absolute Gasteiger partial charge is 0.224 e. The van der Waals surface area contributed by atoms with Crippen LogP contribution in [0.2, 0.25) is 0 Å². The molecule has 1 aromatic carbocycles. The van der Waals surface area contributed by atoms with Crippen LogP contribution in [0.15, 0.2) is 18.2 Å². The van der Waals surface area contributed by atoms with Gasteiger partial charge >= 0.3 is 0 Å². The van der Waals surface area contributed by atoms with Gasteiger partial charge in [-0.1, -0.05) is 0 Å². The molecule has 88 valence electrons. The van der Waals surface area contributed by atoms with E-state index in [1.54, 1.807) is 7.11 Å². The van der Waals surface area contributed by atoms with Crippen molar-refractivity contribution in [2.45, 2.75) is 19.8 Å². The molecule has 0 aliphatic rings. The number of methoxy groups -OCH3 is 1. The Morgan fingerprint density at radius 3 is 2.81 bits per heavy atom. The van der Waals surface area contributed by atoms with Gasteiger partial charge in [0.25, 0.3) is 0 Å². The maximum atomic E-state index is 11.4. The summed E-state index contributed by atoms with van der Waals surface area (Å²) in [5, 5.41) is 2.82. The van der Waals surface area contributed by atoms with Crippen molar-refractivity contribution < 1.29 is 9.53 Å². The number of carbonyl (C=O) groups excluding carboxylic acids is 1. The Hall–Kier alpha value is -1.22. The number of hydrogen-bond donors (Lipinski definition) is 1. The molecular formula is C12H16ClNO2. The fourth-order valence-electron chi connectivity index (χ4n) is 1.41. The van der Waals surface area contributed by atoms with Gasteiger partial charge in [0.05, 0.1) is 7.11 Å². The third-order valence-electron chi connectivity index (χ3n) is 2.22. The molecule has 1 aromatic rings. The van der Waals surface area contributed by atoms with Crippen LogP contribution in [-0.4, -0.2) is 18.9 Å². The van der Waals surface area contributed by atoms with Gasteiger partial charge in [-0.25, -0.2) is 0 Å². The highest BCUT2D eigenvalue weighted by Gasteiger charge is 2.04. The summed E-state index contributed by atoms with van der Waals surface area (Å²) in [6, 6.07) is 5.55. The summed E-state index contributed by atoms with van der Waals surface area (Å²) in [4.78, 5) is 11.4. The summed E-state index contributed by atoms with van der Waals surface area (Å²) in [6.45, 7) is 1.94. The van der Waals surface area contributed by atoms with E-state index >= 15 is 0 Å². The molecule has 0 atom stereocenters. The SMILES string of the molecule is COc1ccc(NC(=O)CCCCl)cc1C. The van der Waals surface area contributed by atoms with E-state index in [-0.39, 0.29) is 5.91 Å². The molecule has 0 unspecified atom stereocenters. The number of benzene rings is 1. The first-order valence-corrected chi connectivity index (χ1v) is 5.71. The molecule has 3 nitrogen and oxygen atoms in total. The number of amides is 1. The number of aryl methyl sites for hydroxylation is 1. The van der Waals surface area contributed by atoms with Crippen molar-refractivity contribution >= 4 is 23.2 Å². The summed E-state index contributed by atoms with van der Waals surface area (Å²) >= 11 is 5.52. The Labute approximate surface area is 101 Å². The van der Waals surface area contributed by atoms with E-state index in [0.29, 0.717) is 18.7 Å². The Morgan fingerprint density at radius 1 is 1.50 bits per heavy atom. The fourth-order valence-corrected chi connectivity index (χ4v) is 1.54. The molecule has 1 rings (SSSR count). The van der Waals surface area contributed by atoms with Crippen LogP contribution in [-0.2, 0) is 4.79 Å². The summed E-state index contributed by atoms with van der Waals surface area (Å²) < 4.78 is 5.14. The van der Waals surface area contributed by atoms with Gasteiger partial charge in [0.15, 0.2) is 0 Å². The first-order chi connectivity index (χ1) is 7.67. The number of carbonyl (C=O) groups is 1. The number of nitrogens with one attached hydrogen (secondary N) is 1. The molecule has 0 saturated carbocycles. The largest absolute Gasteiger partial charge is 0.496 e. The summed E-state index contributed by atoms with van der Waals surface area (Å²) in [5.41, 5.74) is 1.79. The van der Waals surface area contributed by atoms with Crippen molar-refractivity contribution in [1.82, 2.24) is 0 Å². The third-order valence-corrected chi connectivity index (χ3v) is 2.48. The number of ether oxygens (including phenoxy) is 1. The van der Waals surface area contributed by atoms with E-state index in [1.807, 2.05) is 25.1 Å². The average molecular weight is 242 g/mol. The molecule has 0 spiro atoms. The lowest BCUT2D eigenvalue weighted by atomic mass is 10.2. The van der Waals surface area contributed by atoms with Crippen LogP contribution in [0.3, 0.4) is 0 Å². The molecule has 0 heterocycles. The molecule has 0 radical (unpaired) electrons. The van der Waals surface area contributed by atoms with Crippen molar-refractivity contribution in [2.75, 3.05) is 18.3 Å². The van der Waals surface area contributed by atoms with Crippen LogP contribution in [0.5, 0.6) is 5.75 Å². The second kappa shape index (κ2) is 6.38. The van der Waals surface area contributed by atoms with Gasteiger partial charge in [-0.05, 0) is 37.1 Å². The fraction of sp³-hybridized carbons (Fsp3) is 0.417. The Bertz CT molecular complexity index is 366. The van der Waals surface area contributed by atoms with Crippen molar-refractivity contribution in [1.29, 1.82) is 0 Å². The molecule has 16 heavy (non-hydrogen) atoms. The topological polar surface area (TPSA) is 38.3 Å². The Kier molecular flexibility index (Phi) is 5.12. The number of hydrogen-bond acceptors (Lipinski definition) is 2. The standard InChI is InChI=1S/C12H16ClNO2/c1-9-8-10(5-6-11(9)16-2)14-12(15)4-3-7-13/h5-6,8H,3-4,7H2,1-2H3,(H,14,15). The highest BCUT2D eigenvalue weighted by atomic mass is 35.5. The molecule has 0 fully saturated rings. The maximum Gasteiger partial charge on any atom is 0.224 e. The molecule has 1 N–H and O–H groups in total. The van der Waals surface area contributed by atoms with E-state index in [1.165, 1.54) is 0 Å². The van der Waals surface area contributed by atoms with Crippen molar-refractivity contribution in [2.24, 2.45) is 0 Å². The Morgan fingerprint density at radius 2 is 2.25 bits per heavy atom. The van der Waals surface area contributed by atoms with Crippen LogP contribution >= 0.6 is 11.6 Å². The van der Waals surface area contributed by atoms with Gasteiger partial charge in [-0.2, -0.15) is 0 Å².